The zero-order chi connectivity index (χ0) is 15.2. The molecular formula is C16H17ClN2O2. The Kier molecular flexibility index (Phi) is 5.20. The van der Waals surface area contributed by atoms with E-state index in [1.54, 1.807) is 19.2 Å². The van der Waals surface area contributed by atoms with Gasteiger partial charge in [-0.25, -0.2) is 0 Å². The molecule has 0 saturated carbocycles. The van der Waals surface area contributed by atoms with E-state index in [2.05, 4.69) is 0 Å². The van der Waals surface area contributed by atoms with Crippen molar-refractivity contribution in [3.05, 3.63) is 64.2 Å². The number of nitrogen functional groups attached to an aromatic ring is 1. The van der Waals surface area contributed by atoms with Crippen LogP contribution in [0.5, 0.6) is 5.75 Å². The third kappa shape index (κ3) is 4.21. The minimum absolute atomic E-state index is 0.00312. The number of hydrogen-bond acceptors (Lipinski definition) is 3. The highest BCUT2D eigenvalue weighted by Gasteiger charge is 2.05. The van der Waals surface area contributed by atoms with Crippen molar-refractivity contribution in [2.24, 2.45) is 5.73 Å². The summed E-state index contributed by atoms with van der Waals surface area (Å²) in [5.41, 5.74) is 7.92. The molecule has 0 unspecified atom stereocenters. The second-order valence-electron chi connectivity index (χ2n) is 4.59. The lowest BCUT2D eigenvalue weighted by atomic mass is 10.1. The van der Waals surface area contributed by atoms with Crippen LogP contribution in [0.15, 0.2) is 42.5 Å². The van der Waals surface area contributed by atoms with Gasteiger partial charge in [-0.05, 0) is 23.8 Å². The standard InChI is InChI=1S/C16H17ClN2O2/c1-20-9-11-3-2-4-14(7-11)21-10-13-6-5-12(16(18)19)8-15(13)17/h2-8H,9-10H2,1H3,(H3,18,19). The first-order valence-electron chi connectivity index (χ1n) is 6.43. The maximum Gasteiger partial charge on any atom is 0.122 e. The lowest BCUT2D eigenvalue weighted by Crippen LogP contribution is -2.11. The highest BCUT2D eigenvalue weighted by Crippen LogP contribution is 2.21. The van der Waals surface area contributed by atoms with E-state index in [4.69, 9.17) is 32.2 Å². The Labute approximate surface area is 129 Å². The van der Waals surface area contributed by atoms with Crippen LogP contribution in [0.4, 0.5) is 0 Å². The van der Waals surface area contributed by atoms with Crippen molar-refractivity contribution >= 4 is 17.4 Å². The van der Waals surface area contributed by atoms with Crippen LogP contribution >= 0.6 is 11.6 Å². The molecule has 0 amide bonds. The van der Waals surface area contributed by atoms with Crippen molar-refractivity contribution in [2.45, 2.75) is 13.2 Å². The quantitative estimate of drug-likeness (QED) is 0.635. The van der Waals surface area contributed by atoms with Crippen LogP contribution in [-0.4, -0.2) is 12.9 Å². The first kappa shape index (κ1) is 15.4. The second kappa shape index (κ2) is 7.11. The molecule has 0 spiro atoms. The van der Waals surface area contributed by atoms with Gasteiger partial charge in [0.1, 0.15) is 18.2 Å². The molecule has 0 heterocycles. The summed E-state index contributed by atoms with van der Waals surface area (Å²) < 4.78 is 10.8. The first-order chi connectivity index (χ1) is 10.1. The minimum Gasteiger partial charge on any atom is -0.489 e. The summed E-state index contributed by atoms with van der Waals surface area (Å²) in [6.07, 6.45) is 0. The molecule has 5 heteroatoms. The van der Waals surface area contributed by atoms with Gasteiger partial charge in [0.2, 0.25) is 0 Å². The molecule has 3 N–H and O–H groups in total. The van der Waals surface area contributed by atoms with Crippen LogP contribution in [0, 0.1) is 5.41 Å². The molecule has 2 aromatic rings. The van der Waals surface area contributed by atoms with Crippen molar-refractivity contribution in [3.63, 3.8) is 0 Å². The van der Waals surface area contributed by atoms with E-state index in [1.165, 1.54) is 0 Å². The molecule has 4 nitrogen and oxygen atoms in total. The number of nitrogens with one attached hydrogen (secondary N) is 1. The van der Waals surface area contributed by atoms with Gasteiger partial charge in [-0.3, -0.25) is 5.41 Å². The number of rotatable bonds is 6. The molecule has 0 saturated heterocycles. The summed E-state index contributed by atoms with van der Waals surface area (Å²) in [7, 11) is 1.66. The van der Waals surface area contributed by atoms with Crippen molar-refractivity contribution < 1.29 is 9.47 Å². The fourth-order valence-corrected chi connectivity index (χ4v) is 2.12. The average molecular weight is 305 g/mol. The van der Waals surface area contributed by atoms with Gasteiger partial charge in [0.15, 0.2) is 0 Å². The van der Waals surface area contributed by atoms with Crippen LogP contribution in [0.3, 0.4) is 0 Å². The van der Waals surface area contributed by atoms with E-state index in [0.717, 1.165) is 16.9 Å². The SMILES string of the molecule is COCc1cccc(OCc2ccc(C(=N)N)cc2Cl)c1. The molecule has 110 valence electrons. The van der Waals surface area contributed by atoms with Gasteiger partial charge in [0, 0.05) is 23.3 Å². The maximum absolute atomic E-state index is 7.38. The molecule has 0 aromatic heterocycles. The Bertz CT molecular complexity index is 644. The lowest BCUT2D eigenvalue weighted by Gasteiger charge is -2.10. The Balaban J connectivity index is 2.06. The number of methoxy groups -OCH3 is 1. The molecule has 0 bridgehead atoms. The Morgan fingerprint density at radius 1 is 1.19 bits per heavy atom. The monoisotopic (exact) mass is 304 g/mol. The van der Waals surface area contributed by atoms with Crippen LogP contribution in [0.2, 0.25) is 5.02 Å². The topological polar surface area (TPSA) is 68.3 Å². The summed E-state index contributed by atoms with van der Waals surface area (Å²) >= 11 is 6.17. The second-order valence-corrected chi connectivity index (χ2v) is 5.00. The van der Waals surface area contributed by atoms with Crippen molar-refractivity contribution in [1.29, 1.82) is 5.41 Å². The van der Waals surface area contributed by atoms with Gasteiger partial charge in [-0.15, -0.1) is 0 Å². The van der Waals surface area contributed by atoms with Crippen LogP contribution in [0.25, 0.3) is 0 Å². The van der Waals surface area contributed by atoms with Gasteiger partial charge in [-0.1, -0.05) is 35.9 Å². The van der Waals surface area contributed by atoms with E-state index in [0.29, 0.717) is 23.8 Å². The number of nitrogens with two attached hydrogens (primary N) is 1. The largest absolute Gasteiger partial charge is 0.489 e. The number of benzene rings is 2. The number of ether oxygens (including phenoxy) is 2. The van der Waals surface area contributed by atoms with E-state index in [9.17, 15) is 0 Å². The molecule has 2 aromatic carbocycles. The molecule has 21 heavy (non-hydrogen) atoms. The predicted octanol–water partition coefficient (Wildman–Crippen LogP) is 3.35. The minimum atomic E-state index is -0.00312. The van der Waals surface area contributed by atoms with Crippen molar-refractivity contribution in [1.82, 2.24) is 0 Å². The molecule has 2 rings (SSSR count). The van der Waals surface area contributed by atoms with Gasteiger partial charge in [0.25, 0.3) is 0 Å². The molecule has 0 fully saturated rings. The summed E-state index contributed by atoms with van der Waals surface area (Å²) in [6, 6.07) is 13.0. The van der Waals surface area contributed by atoms with E-state index in [-0.39, 0.29) is 5.84 Å². The third-order valence-corrected chi connectivity index (χ3v) is 3.32. The smallest absolute Gasteiger partial charge is 0.122 e. The summed E-state index contributed by atoms with van der Waals surface area (Å²) in [6.45, 7) is 0.902. The predicted molar refractivity (Wildman–Crippen MR) is 84.0 cm³/mol. The zero-order valence-corrected chi connectivity index (χ0v) is 12.5. The average Bonchev–Trinajstić information content (AvgIpc) is 2.46. The first-order valence-corrected chi connectivity index (χ1v) is 6.81. The summed E-state index contributed by atoms with van der Waals surface area (Å²) in [5, 5.41) is 7.92. The molecular weight excluding hydrogens is 288 g/mol. The third-order valence-electron chi connectivity index (χ3n) is 2.97. The van der Waals surface area contributed by atoms with E-state index >= 15 is 0 Å². The fourth-order valence-electron chi connectivity index (χ4n) is 1.88. The number of halogens is 1. The van der Waals surface area contributed by atoms with Crippen molar-refractivity contribution in [3.8, 4) is 5.75 Å². The van der Waals surface area contributed by atoms with Gasteiger partial charge >= 0.3 is 0 Å². The number of hydrogen-bond donors (Lipinski definition) is 2. The highest BCUT2D eigenvalue weighted by atomic mass is 35.5. The van der Waals surface area contributed by atoms with Gasteiger partial charge in [-0.2, -0.15) is 0 Å². The van der Waals surface area contributed by atoms with Gasteiger partial charge < -0.3 is 15.2 Å². The summed E-state index contributed by atoms with van der Waals surface area (Å²) in [4.78, 5) is 0. The molecule has 0 aliphatic carbocycles. The maximum atomic E-state index is 7.38. The van der Waals surface area contributed by atoms with E-state index in [1.807, 2.05) is 30.3 Å². The van der Waals surface area contributed by atoms with Crippen LogP contribution in [-0.2, 0) is 18.0 Å². The van der Waals surface area contributed by atoms with Crippen molar-refractivity contribution in [2.75, 3.05) is 7.11 Å². The Hall–Kier alpha value is -2.04. The fraction of sp³-hybridized carbons (Fsp3) is 0.188. The Morgan fingerprint density at radius 3 is 2.67 bits per heavy atom. The highest BCUT2D eigenvalue weighted by molar-refractivity contribution is 6.31. The molecule has 0 radical (unpaired) electrons. The van der Waals surface area contributed by atoms with Crippen LogP contribution in [0.1, 0.15) is 16.7 Å². The molecule has 0 atom stereocenters. The number of amidine groups is 1. The van der Waals surface area contributed by atoms with Crippen LogP contribution < -0.4 is 10.5 Å². The summed E-state index contributed by atoms with van der Waals surface area (Å²) in [5.74, 6) is 0.757. The Morgan fingerprint density at radius 2 is 2.00 bits per heavy atom. The van der Waals surface area contributed by atoms with Gasteiger partial charge in [0.05, 0.1) is 6.61 Å². The lowest BCUT2D eigenvalue weighted by molar-refractivity contribution is 0.184. The zero-order valence-electron chi connectivity index (χ0n) is 11.7. The normalized spacial score (nSPS) is 10.4. The molecule has 0 aliphatic rings. The van der Waals surface area contributed by atoms with E-state index < -0.39 is 0 Å². The molecule has 0 aliphatic heterocycles.